The average molecular weight is 274 g/mol. The highest BCUT2D eigenvalue weighted by Crippen LogP contribution is 2.35. The van der Waals surface area contributed by atoms with Gasteiger partial charge in [0.25, 0.3) is 5.56 Å². The van der Waals surface area contributed by atoms with Crippen LogP contribution in [0.1, 0.15) is 47.9 Å². The van der Waals surface area contributed by atoms with Crippen LogP contribution in [0.5, 0.6) is 0 Å². The lowest BCUT2D eigenvalue weighted by Gasteiger charge is -2.05. The van der Waals surface area contributed by atoms with Crippen LogP contribution in [0.4, 0.5) is 0 Å². The highest BCUT2D eigenvalue weighted by molar-refractivity contribution is 7.09. The van der Waals surface area contributed by atoms with E-state index in [1.54, 1.807) is 15.9 Å². The maximum absolute atomic E-state index is 12.0. The Morgan fingerprint density at radius 2 is 2.21 bits per heavy atom. The Morgan fingerprint density at radius 3 is 3.00 bits per heavy atom. The highest BCUT2D eigenvalue weighted by Gasteiger charge is 2.20. The second-order valence-corrected chi connectivity index (χ2v) is 6.17. The van der Waals surface area contributed by atoms with Gasteiger partial charge in [-0.25, -0.2) is 4.98 Å². The second-order valence-electron chi connectivity index (χ2n) is 5.28. The first-order valence-corrected chi connectivity index (χ1v) is 7.72. The van der Waals surface area contributed by atoms with E-state index in [1.165, 1.54) is 30.7 Å². The number of hydrogen-bond acceptors (Lipinski definition) is 3. The lowest BCUT2D eigenvalue weighted by molar-refractivity contribution is 0.695. The SMILES string of the molecule is Cc1cccn(Cc2csc(C3CCCC3)n2)c1=O. The molecule has 100 valence electrons. The summed E-state index contributed by atoms with van der Waals surface area (Å²) in [6.07, 6.45) is 7.05. The molecule has 2 heterocycles. The molecule has 2 aromatic rings. The summed E-state index contributed by atoms with van der Waals surface area (Å²) in [6.45, 7) is 2.44. The Balaban J connectivity index is 1.80. The van der Waals surface area contributed by atoms with Gasteiger partial charge in [-0.2, -0.15) is 0 Å². The second kappa shape index (κ2) is 5.29. The number of hydrogen-bond donors (Lipinski definition) is 0. The van der Waals surface area contributed by atoms with Gasteiger partial charge in [0.2, 0.25) is 0 Å². The van der Waals surface area contributed by atoms with E-state index in [-0.39, 0.29) is 5.56 Å². The number of thiazole rings is 1. The predicted molar refractivity (Wildman–Crippen MR) is 77.9 cm³/mol. The fourth-order valence-corrected chi connectivity index (χ4v) is 3.69. The Labute approximate surface area is 116 Å². The molecule has 4 heteroatoms. The molecule has 0 bridgehead atoms. The highest BCUT2D eigenvalue weighted by atomic mass is 32.1. The van der Waals surface area contributed by atoms with Crippen molar-refractivity contribution in [1.29, 1.82) is 0 Å². The number of rotatable bonds is 3. The first kappa shape index (κ1) is 12.6. The molecule has 0 radical (unpaired) electrons. The summed E-state index contributed by atoms with van der Waals surface area (Å²) < 4.78 is 1.74. The van der Waals surface area contributed by atoms with E-state index in [4.69, 9.17) is 4.98 Å². The lowest BCUT2D eigenvalue weighted by atomic mass is 10.1. The van der Waals surface area contributed by atoms with E-state index in [0.29, 0.717) is 12.5 Å². The molecule has 3 rings (SSSR count). The van der Waals surface area contributed by atoms with Crippen LogP contribution in [0, 0.1) is 6.92 Å². The van der Waals surface area contributed by atoms with Gasteiger partial charge in [0, 0.05) is 23.1 Å². The van der Waals surface area contributed by atoms with Crippen LogP contribution in [0.3, 0.4) is 0 Å². The molecule has 0 N–H and O–H groups in total. The summed E-state index contributed by atoms with van der Waals surface area (Å²) >= 11 is 1.75. The quantitative estimate of drug-likeness (QED) is 0.860. The van der Waals surface area contributed by atoms with Crippen molar-refractivity contribution in [3.8, 4) is 0 Å². The Kier molecular flexibility index (Phi) is 3.51. The number of aromatic nitrogens is 2. The first-order valence-electron chi connectivity index (χ1n) is 6.84. The lowest BCUT2D eigenvalue weighted by Crippen LogP contribution is -2.21. The van der Waals surface area contributed by atoms with Gasteiger partial charge < -0.3 is 4.57 Å². The number of pyridine rings is 1. The summed E-state index contributed by atoms with van der Waals surface area (Å²) in [6, 6.07) is 3.77. The third kappa shape index (κ3) is 2.63. The van der Waals surface area contributed by atoms with Crippen molar-refractivity contribution in [2.75, 3.05) is 0 Å². The van der Waals surface area contributed by atoms with Gasteiger partial charge >= 0.3 is 0 Å². The fourth-order valence-electron chi connectivity index (χ4n) is 2.71. The van der Waals surface area contributed by atoms with E-state index < -0.39 is 0 Å². The van der Waals surface area contributed by atoms with Crippen LogP contribution in [0.15, 0.2) is 28.5 Å². The standard InChI is InChI=1S/C15H18N2OS/c1-11-5-4-8-17(15(11)18)9-13-10-19-14(16-13)12-6-2-3-7-12/h4-5,8,10,12H,2-3,6-7,9H2,1H3. The largest absolute Gasteiger partial charge is 0.309 e. The van der Waals surface area contributed by atoms with E-state index in [2.05, 4.69) is 5.38 Å². The molecule has 1 fully saturated rings. The molecule has 0 atom stereocenters. The van der Waals surface area contributed by atoms with Crippen LogP contribution >= 0.6 is 11.3 Å². The Bertz CT molecular complexity index is 623. The van der Waals surface area contributed by atoms with Crippen LogP contribution in [-0.4, -0.2) is 9.55 Å². The van der Waals surface area contributed by atoms with Crippen molar-refractivity contribution in [1.82, 2.24) is 9.55 Å². The molecule has 0 aliphatic heterocycles. The summed E-state index contributed by atoms with van der Waals surface area (Å²) in [7, 11) is 0. The third-order valence-corrected chi connectivity index (χ3v) is 4.87. The third-order valence-electron chi connectivity index (χ3n) is 3.82. The van der Waals surface area contributed by atoms with Crippen molar-refractivity contribution < 1.29 is 0 Å². The van der Waals surface area contributed by atoms with E-state index >= 15 is 0 Å². The van der Waals surface area contributed by atoms with Gasteiger partial charge in [-0.15, -0.1) is 11.3 Å². The predicted octanol–water partition coefficient (Wildman–Crippen LogP) is 3.32. The van der Waals surface area contributed by atoms with Gasteiger partial charge in [-0.1, -0.05) is 18.9 Å². The Morgan fingerprint density at radius 1 is 1.42 bits per heavy atom. The Hall–Kier alpha value is -1.42. The molecule has 19 heavy (non-hydrogen) atoms. The molecule has 0 amide bonds. The molecule has 3 nitrogen and oxygen atoms in total. The maximum atomic E-state index is 12.0. The van der Waals surface area contributed by atoms with Gasteiger partial charge in [-0.05, 0) is 25.8 Å². The zero-order chi connectivity index (χ0) is 13.2. The normalized spacial score (nSPS) is 16.1. The summed E-state index contributed by atoms with van der Waals surface area (Å²) in [5, 5.41) is 3.36. The molecular weight excluding hydrogens is 256 g/mol. The van der Waals surface area contributed by atoms with E-state index in [0.717, 1.165) is 11.3 Å². The van der Waals surface area contributed by atoms with Gasteiger partial charge in [0.15, 0.2) is 0 Å². The summed E-state index contributed by atoms with van der Waals surface area (Å²) in [4.78, 5) is 16.7. The monoisotopic (exact) mass is 274 g/mol. The van der Waals surface area contributed by atoms with Crippen LogP contribution in [-0.2, 0) is 6.54 Å². The minimum absolute atomic E-state index is 0.0814. The molecule has 0 spiro atoms. The number of nitrogens with zero attached hydrogens (tertiary/aromatic N) is 2. The zero-order valence-corrected chi connectivity index (χ0v) is 11.9. The van der Waals surface area contributed by atoms with Crippen molar-refractivity contribution >= 4 is 11.3 Å². The summed E-state index contributed by atoms with van der Waals surface area (Å²) in [5.74, 6) is 0.660. The molecule has 1 saturated carbocycles. The molecule has 2 aromatic heterocycles. The first-order chi connectivity index (χ1) is 9.24. The van der Waals surface area contributed by atoms with Crippen molar-refractivity contribution in [3.05, 3.63) is 50.3 Å². The van der Waals surface area contributed by atoms with Crippen molar-refractivity contribution in [3.63, 3.8) is 0 Å². The topological polar surface area (TPSA) is 34.9 Å². The minimum Gasteiger partial charge on any atom is -0.309 e. The summed E-state index contributed by atoms with van der Waals surface area (Å²) in [5.41, 5.74) is 1.88. The average Bonchev–Trinajstić information content (AvgIpc) is 3.05. The molecule has 0 aromatic carbocycles. The zero-order valence-electron chi connectivity index (χ0n) is 11.1. The van der Waals surface area contributed by atoms with Gasteiger partial charge in [0.05, 0.1) is 17.2 Å². The van der Waals surface area contributed by atoms with Crippen molar-refractivity contribution in [2.24, 2.45) is 0 Å². The minimum atomic E-state index is 0.0814. The molecule has 1 aliphatic rings. The van der Waals surface area contributed by atoms with Gasteiger partial charge in [-0.3, -0.25) is 4.79 Å². The van der Waals surface area contributed by atoms with E-state index in [1.807, 2.05) is 25.3 Å². The van der Waals surface area contributed by atoms with Crippen molar-refractivity contribution in [2.45, 2.75) is 45.1 Å². The smallest absolute Gasteiger partial charge is 0.253 e. The maximum Gasteiger partial charge on any atom is 0.253 e. The number of aryl methyl sites for hydroxylation is 1. The van der Waals surface area contributed by atoms with Crippen LogP contribution < -0.4 is 5.56 Å². The molecule has 0 unspecified atom stereocenters. The van der Waals surface area contributed by atoms with Crippen LogP contribution in [0.25, 0.3) is 0 Å². The van der Waals surface area contributed by atoms with Gasteiger partial charge in [0.1, 0.15) is 0 Å². The molecular formula is C15H18N2OS. The molecule has 1 aliphatic carbocycles. The van der Waals surface area contributed by atoms with E-state index in [9.17, 15) is 4.79 Å². The fraction of sp³-hybridized carbons (Fsp3) is 0.467. The molecule has 0 saturated heterocycles. The van der Waals surface area contributed by atoms with Crippen LogP contribution in [0.2, 0.25) is 0 Å².